The van der Waals surface area contributed by atoms with Crippen LogP contribution in [0.25, 0.3) is 11.4 Å². The van der Waals surface area contributed by atoms with E-state index in [1.165, 1.54) is 6.42 Å². The number of benzene rings is 1. The van der Waals surface area contributed by atoms with Gasteiger partial charge < -0.3 is 10.2 Å². The topological polar surface area (TPSA) is 58.1 Å². The maximum atomic E-state index is 13.1. The first-order valence-electron chi connectivity index (χ1n) is 9.17. The largest absolute Gasteiger partial charge is 0.322 e. The number of halogens is 1. The van der Waals surface area contributed by atoms with E-state index in [9.17, 15) is 9.18 Å². The summed E-state index contributed by atoms with van der Waals surface area (Å²) in [4.78, 5) is 22.9. The number of nitrogens with one attached hydrogen (secondary N) is 1. The fraction of sp³-hybridized carbons (Fsp3) is 0.450. The number of rotatable bonds is 2. The predicted octanol–water partition coefficient (Wildman–Crippen LogP) is 4.24. The molecule has 2 saturated heterocycles. The molecule has 0 spiro atoms. The van der Waals surface area contributed by atoms with Gasteiger partial charge in [-0.25, -0.2) is 19.2 Å². The van der Waals surface area contributed by atoms with Crippen LogP contribution in [0, 0.1) is 24.6 Å². The monoisotopic (exact) mass is 354 g/mol. The summed E-state index contributed by atoms with van der Waals surface area (Å²) in [6.07, 6.45) is 5.73. The van der Waals surface area contributed by atoms with Crippen LogP contribution in [0.15, 0.2) is 30.6 Å². The number of urea groups is 1. The van der Waals surface area contributed by atoms with Crippen LogP contribution in [0.4, 0.5) is 14.9 Å². The van der Waals surface area contributed by atoms with Crippen molar-refractivity contribution in [1.82, 2.24) is 14.9 Å². The van der Waals surface area contributed by atoms with Crippen molar-refractivity contribution >= 4 is 11.7 Å². The smallest absolute Gasteiger partial charge is 0.321 e. The molecule has 3 fully saturated rings. The molecular formula is C20H23FN4O. The highest BCUT2D eigenvalue weighted by Crippen LogP contribution is 2.39. The Hall–Kier alpha value is -2.50. The van der Waals surface area contributed by atoms with E-state index in [4.69, 9.17) is 0 Å². The summed E-state index contributed by atoms with van der Waals surface area (Å²) < 4.78 is 13.1. The Morgan fingerprint density at radius 1 is 1.27 bits per heavy atom. The van der Waals surface area contributed by atoms with E-state index in [-0.39, 0.29) is 6.03 Å². The van der Waals surface area contributed by atoms with Crippen LogP contribution < -0.4 is 5.32 Å². The first-order chi connectivity index (χ1) is 12.5. The summed E-state index contributed by atoms with van der Waals surface area (Å²) in [6, 6.07) is 5.96. The van der Waals surface area contributed by atoms with Gasteiger partial charge in [0.1, 0.15) is 0 Å². The zero-order chi connectivity index (χ0) is 18.3. The van der Waals surface area contributed by atoms with Crippen molar-refractivity contribution < 1.29 is 9.18 Å². The van der Waals surface area contributed by atoms with Crippen LogP contribution in [0.5, 0.6) is 0 Å². The first-order valence-corrected chi connectivity index (χ1v) is 9.17. The van der Waals surface area contributed by atoms with E-state index in [0.29, 0.717) is 29.4 Å². The van der Waals surface area contributed by atoms with E-state index >= 15 is 0 Å². The molecule has 3 atom stereocenters. The number of carbonyl (C=O) groups is 1. The standard InChI is InChI=1S/C20H23FN4O/c1-12-3-5-16(8-18(12)19-22-9-15(21)10-23-19)24-20(26)25-11-14-4-6-17(25)7-13(14)2/h3,5,8-10,13-14,17H,4,6-7,11H2,1-2H3,(H,24,26)/t13?,14-,17+/m0/s1. The van der Waals surface area contributed by atoms with Gasteiger partial charge in [0, 0.05) is 23.8 Å². The van der Waals surface area contributed by atoms with Crippen molar-refractivity contribution in [3.05, 3.63) is 42.0 Å². The molecule has 1 unspecified atom stereocenters. The lowest BCUT2D eigenvalue weighted by atomic mass is 9.73. The van der Waals surface area contributed by atoms with Crippen molar-refractivity contribution in [3.63, 3.8) is 0 Å². The lowest BCUT2D eigenvalue weighted by Gasteiger charge is -2.48. The Balaban J connectivity index is 1.53. The molecule has 0 radical (unpaired) electrons. The van der Waals surface area contributed by atoms with Crippen LogP contribution in [-0.4, -0.2) is 33.5 Å². The number of aromatic nitrogens is 2. The lowest BCUT2D eigenvalue weighted by molar-refractivity contribution is 0.0429. The molecular weight excluding hydrogens is 331 g/mol. The molecule has 3 heterocycles. The highest BCUT2D eigenvalue weighted by Gasteiger charge is 2.40. The number of piperidine rings is 2. The number of hydrogen-bond donors (Lipinski definition) is 1. The molecule has 3 aliphatic rings. The highest BCUT2D eigenvalue weighted by molar-refractivity contribution is 5.90. The third kappa shape index (κ3) is 3.16. The Kier molecular flexibility index (Phi) is 4.34. The van der Waals surface area contributed by atoms with E-state index < -0.39 is 5.82 Å². The van der Waals surface area contributed by atoms with Crippen molar-refractivity contribution in [2.24, 2.45) is 11.8 Å². The first kappa shape index (κ1) is 16.9. The summed E-state index contributed by atoms with van der Waals surface area (Å²) in [7, 11) is 0. The van der Waals surface area contributed by atoms with Gasteiger partial charge in [0.2, 0.25) is 0 Å². The van der Waals surface area contributed by atoms with Crippen molar-refractivity contribution in [3.8, 4) is 11.4 Å². The third-order valence-corrected chi connectivity index (χ3v) is 5.80. The maximum absolute atomic E-state index is 13.1. The average Bonchev–Trinajstić information content (AvgIpc) is 2.64. The number of hydrogen-bond acceptors (Lipinski definition) is 3. The minimum atomic E-state index is -0.467. The molecule has 1 N–H and O–H groups in total. The number of amides is 2. The second-order valence-electron chi connectivity index (χ2n) is 7.54. The Labute approximate surface area is 152 Å². The van der Waals surface area contributed by atoms with Gasteiger partial charge >= 0.3 is 6.03 Å². The van der Waals surface area contributed by atoms with Gasteiger partial charge in [0.15, 0.2) is 11.6 Å². The van der Waals surface area contributed by atoms with E-state index in [1.807, 2.05) is 30.0 Å². The van der Waals surface area contributed by atoms with Gasteiger partial charge in [-0.05, 0) is 55.7 Å². The van der Waals surface area contributed by atoms with Gasteiger partial charge in [0.05, 0.1) is 12.4 Å². The van der Waals surface area contributed by atoms with E-state index in [0.717, 1.165) is 42.9 Å². The van der Waals surface area contributed by atoms with E-state index in [1.54, 1.807) is 0 Å². The number of aryl methyl sites for hydroxylation is 1. The average molecular weight is 354 g/mol. The van der Waals surface area contributed by atoms with Crippen LogP contribution in [0.1, 0.15) is 31.7 Å². The van der Waals surface area contributed by atoms with Crippen LogP contribution in [0.2, 0.25) is 0 Å². The molecule has 26 heavy (non-hydrogen) atoms. The second-order valence-corrected chi connectivity index (χ2v) is 7.54. The number of carbonyl (C=O) groups excluding carboxylic acids is 1. The zero-order valence-electron chi connectivity index (χ0n) is 15.1. The molecule has 5 rings (SSSR count). The summed E-state index contributed by atoms with van der Waals surface area (Å²) in [6.45, 7) is 5.08. The predicted molar refractivity (Wildman–Crippen MR) is 98.2 cm³/mol. The van der Waals surface area contributed by atoms with Crippen LogP contribution >= 0.6 is 0 Å². The fourth-order valence-corrected chi connectivity index (χ4v) is 4.22. The molecule has 1 saturated carbocycles. The van der Waals surface area contributed by atoms with Gasteiger partial charge in [-0.2, -0.15) is 0 Å². The lowest BCUT2D eigenvalue weighted by Crippen LogP contribution is -2.54. The third-order valence-electron chi connectivity index (χ3n) is 5.80. The molecule has 5 nitrogen and oxygen atoms in total. The molecule has 1 aliphatic carbocycles. The molecule has 1 aromatic carbocycles. The summed E-state index contributed by atoms with van der Waals surface area (Å²) in [5, 5.41) is 3.02. The maximum Gasteiger partial charge on any atom is 0.322 e. The molecule has 2 amide bonds. The van der Waals surface area contributed by atoms with Crippen LogP contribution in [0.3, 0.4) is 0 Å². The van der Waals surface area contributed by atoms with Crippen molar-refractivity contribution in [2.75, 3.05) is 11.9 Å². The van der Waals surface area contributed by atoms with Gasteiger partial charge in [-0.3, -0.25) is 0 Å². The zero-order valence-corrected chi connectivity index (χ0v) is 15.1. The molecule has 6 heteroatoms. The number of fused-ring (bicyclic) bond motifs is 3. The molecule has 136 valence electrons. The molecule has 2 aliphatic heterocycles. The van der Waals surface area contributed by atoms with Gasteiger partial charge in [-0.1, -0.05) is 13.0 Å². The minimum absolute atomic E-state index is 0.0403. The summed E-state index contributed by atoms with van der Waals surface area (Å²) in [5.74, 6) is 1.31. The Morgan fingerprint density at radius 3 is 2.69 bits per heavy atom. The summed E-state index contributed by atoms with van der Waals surface area (Å²) in [5.41, 5.74) is 2.47. The normalized spacial score (nSPS) is 24.6. The highest BCUT2D eigenvalue weighted by atomic mass is 19.1. The Bertz CT molecular complexity index is 823. The van der Waals surface area contributed by atoms with Crippen LogP contribution in [-0.2, 0) is 0 Å². The van der Waals surface area contributed by atoms with E-state index in [2.05, 4.69) is 22.2 Å². The Morgan fingerprint density at radius 2 is 2.04 bits per heavy atom. The molecule has 2 bridgehead atoms. The van der Waals surface area contributed by atoms with Crippen molar-refractivity contribution in [1.29, 1.82) is 0 Å². The van der Waals surface area contributed by atoms with Gasteiger partial charge in [0.25, 0.3) is 0 Å². The quantitative estimate of drug-likeness (QED) is 0.877. The minimum Gasteiger partial charge on any atom is -0.321 e. The summed E-state index contributed by atoms with van der Waals surface area (Å²) >= 11 is 0. The fourth-order valence-electron chi connectivity index (χ4n) is 4.22. The molecule has 2 aromatic rings. The number of nitrogens with zero attached hydrogens (tertiary/aromatic N) is 3. The second kappa shape index (κ2) is 6.67. The van der Waals surface area contributed by atoms with Gasteiger partial charge in [-0.15, -0.1) is 0 Å². The SMILES string of the molecule is Cc1ccc(NC(=O)N2C[C@@H]3CC[C@@H]2CC3C)cc1-c1ncc(F)cn1. The number of anilines is 1. The van der Waals surface area contributed by atoms with Crippen molar-refractivity contribution in [2.45, 2.75) is 39.2 Å². The molecule has 1 aromatic heterocycles.